The number of hydrogen-bond donors (Lipinski definition) is 1. The predicted octanol–water partition coefficient (Wildman–Crippen LogP) is 4.29. The van der Waals surface area contributed by atoms with Crippen molar-refractivity contribution in [2.45, 2.75) is 38.5 Å². The van der Waals surface area contributed by atoms with E-state index in [1.54, 1.807) is 24.4 Å². The van der Waals surface area contributed by atoms with E-state index in [0.717, 1.165) is 29.1 Å². The van der Waals surface area contributed by atoms with Crippen molar-refractivity contribution in [3.8, 4) is 11.4 Å². The number of aromatic nitrogens is 2. The Balaban J connectivity index is 1.57. The normalized spacial score (nSPS) is 22.8. The molecule has 2 aliphatic heterocycles. The number of ether oxygens (including phenoxy) is 2. The number of hydrogen-bond acceptors (Lipinski definition) is 7. The van der Waals surface area contributed by atoms with Crippen LogP contribution in [0.4, 0.5) is 13.2 Å². The van der Waals surface area contributed by atoms with Crippen molar-refractivity contribution in [2.75, 3.05) is 20.3 Å². The summed E-state index contributed by atoms with van der Waals surface area (Å²) in [5.74, 6) is -3.16. The molecule has 38 heavy (non-hydrogen) atoms. The van der Waals surface area contributed by atoms with Crippen LogP contribution >= 0.6 is 0 Å². The van der Waals surface area contributed by atoms with Crippen LogP contribution in [0.1, 0.15) is 30.7 Å². The van der Waals surface area contributed by atoms with Gasteiger partial charge in [-0.3, -0.25) is 0 Å². The Kier molecular flexibility index (Phi) is 6.56. The molecule has 200 valence electrons. The Morgan fingerprint density at radius 2 is 1.95 bits per heavy atom. The smallest absolute Gasteiger partial charge is 0.211 e. The third kappa shape index (κ3) is 4.26. The molecule has 0 aliphatic carbocycles. The van der Waals surface area contributed by atoms with Crippen LogP contribution in [-0.2, 0) is 15.1 Å². The van der Waals surface area contributed by atoms with E-state index in [2.05, 4.69) is 10.1 Å². The van der Waals surface area contributed by atoms with E-state index < -0.39 is 29.1 Å². The highest BCUT2D eigenvalue weighted by molar-refractivity contribution is 6.01. The number of nitrogens with zero attached hydrogens (tertiary/aromatic N) is 4. The number of rotatable bonds is 5. The fourth-order valence-corrected chi connectivity index (χ4v) is 4.93. The molecule has 2 aliphatic rings. The molecule has 1 saturated heterocycles. The van der Waals surface area contributed by atoms with Crippen molar-refractivity contribution in [1.82, 2.24) is 14.5 Å². The molecule has 8 nitrogen and oxygen atoms in total. The predicted molar refractivity (Wildman–Crippen MR) is 133 cm³/mol. The summed E-state index contributed by atoms with van der Waals surface area (Å²) in [5, 5.41) is 15.1. The van der Waals surface area contributed by atoms with Crippen LogP contribution in [0.5, 0.6) is 5.75 Å². The second kappa shape index (κ2) is 9.71. The monoisotopic (exact) mass is 528 g/mol. The Hall–Kier alpha value is -3.99. The standard InChI is InChI=1S/C27H27F3N4O4/c1-15-11-33(14-31-15)22-6-5-18(7-23(22)36-4)8-24-26-32-37-13-27(17(3)35,34(26)12-16(2)38-24)19-9-20(28)25(30)21(29)10-19/h5-11,14,16-17,35H,12-13H2,1-4H3/b24-8+. The van der Waals surface area contributed by atoms with E-state index in [4.69, 9.17) is 14.3 Å². The van der Waals surface area contributed by atoms with E-state index in [-0.39, 0.29) is 30.7 Å². The molecule has 0 saturated carbocycles. The SMILES string of the molecule is COc1cc(/C=C2/OC(C)CN3C2=NOCC3(c2cc(F)c(F)c(F)c2)C(C)O)ccc1-n1cnc(C)c1. The van der Waals surface area contributed by atoms with Crippen molar-refractivity contribution in [2.24, 2.45) is 5.16 Å². The van der Waals surface area contributed by atoms with Crippen molar-refractivity contribution in [3.63, 3.8) is 0 Å². The number of morpholine rings is 1. The number of halogens is 3. The molecule has 1 N–H and O–H groups in total. The zero-order valence-corrected chi connectivity index (χ0v) is 21.3. The summed E-state index contributed by atoms with van der Waals surface area (Å²) in [7, 11) is 1.57. The molecule has 3 unspecified atom stereocenters. The number of benzene rings is 2. The van der Waals surface area contributed by atoms with Gasteiger partial charge in [0.25, 0.3) is 0 Å². The third-order valence-corrected chi connectivity index (χ3v) is 6.83. The topological polar surface area (TPSA) is 81.3 Å². The van der Waals surface area contributed by atoms with E-state index in [1.165, 1.54) is 6.92 Å². The van der Waals surface area contributed by atoms with Gasteiger partial charge in [0.2, 0.25) is 5.84 Å². The first kappa shape index (κ1) is 25.7. The lowest BCUT2D eigenvalue weighted by Gasteiger charge is -2.51. The minimum absolute atomic E-state index is 0.0198. The fourth-order valence-electron chi connectivity index (χ4n) is 4.93. The number of aliphatic hydroxyl groups is 1. The maximum atomic E-state index is 14.3. The zero-order valence-electron chi connectivity index (χ0n) is 21.3. The molecule has 3 heterocycles. The molecule has 0 amide bonds. The van der Waals surface area contributed by atoms with Gasteiger partial charge >= 0.3 is 0 Å². The van der Waals surface area contributed by atoms with Gasteiger partial charge in [0.05, 0.1) is 37.5 Å². The number of aliphatic hydroxyl groups excluding tert-OH is 1. The van der Waals surface area contributed by atoms with Gasteiger partial charge in [-0.05, 0) is 62.2 Å². The van der Waals surface area contributed by atoms with Crippen LogP contribution in [0.2, 0.25) is 0 Å². The van der Waals surface area contributed by atoms with Crippen LogP contribution in [0.15, 0.2) is 53.8 Å². The average molecular weight is 529 g/mol. The molecular formula is C27H27F3N4O4. The maximum Gasteiger partial charge on any atom is 0.211 e. The highest BCUT2D eigenvalue weighted by Gasteiger charge is 2.52. The molecule has 5 rings (SSSR count). The third-order valence-electron chi connectivity index (χ3n) is 6.83. The van der Waals surface area contributed by atoms with E-state index in [0.29, 0.717) is 11.5 Å². The summed E-state index contributed by atoms with van der Waals surface area (Å²) in [6, 6.07) is 7.32. The number of oxime groups is 1. The minimum Gasteiger partial charge on any atom is -0.495 e. The summed E-state index contributed by atoms with van der Waals surface area (Å²) in [6.45, 7) is 5.21. The fraction of sp³-hybridized carbons (Fsp3) is 0.333. The lowest BCUT2D eigenvalue weighted by molar-refractivity contribution is -0.0935. The van der Waals surface area contributed by atoms with Gasteiger partial charge < -0.3 is 28.9 Å². The maximum absolute atomic E-state index is 14.3. The second-order valence-corrected chi connectivity index (χ2v) is 9.44. The minimum atomic E-state index is -1.58. The lowest BCUT2D eigenvalue weighted by Crippen LogP contribution is -2.64. The molecule has 1 fully saturated rings. The van der Waals surface area contributed by atoms with Crippen LogP contribution in [-0.4, -0.2) is 57.9 Å². The summed E-state index contributed by atoms with van der Waals surface area (Å²) in [5.41, 5.74) is 0.944. The Bertz CT molecular complexity index is 1410. The molecular weight excluding hydrogens is 501 g/mol. The molecule has 3 aromatic rings. The van der Waals surface area contributed by atoms with Crippen molar-refractivity contribution in [1.29, 1.82) is 0 Å². The zero-order chi connectivity index (χ0) is 27.2. The molecule has 0 spiro atoms. The van der Waals surface area contributed by atoms with Gasteiger partial charge in [0, 0.05) is 6.20 Å². The first-order chi connectivity index (χ1) is 18.1. The molecule has 3 atom stereocenters. The molecule has 2 aromatic carbocycles. The van der Waals surface area contributed by atoms with Gasteiger partial charge in [0.15, 0.2) is 23.2 Å². The summed E-state index contributed by atoms with van der Waals surface area (Å²) < 4.78 is 55.9. The van der Waals surface area contributed by atoms with Crippen LogP contribution in [0, 0.1) is 24.4 Å². The van der Waals surface area contributed by atoms with Gasteiger partial charge in [-0.2, -0.15) is 0 Å². The van der Waals surface area contributed by atoms with Gasteiger partial charge in [-0.25, -0.2) is 18.2 Å². The van der Waals surface area contributed by atoms with E-state index >= 15 is 0 Å². The van der Waals surface area contributed by atoms with Crippen LogP contribution in [0.3, 0.4) is 0 Å². The van der Waals surface area contributed by atoms with Crippen LogP contribution < -0.4 is 4.74 Å². The molecule has 0 radical (unpaired) electrons. The molecule has 11 heteroatoms. The summed E-state index contributed by atoms with van der Waals surface area (Å²) in [6.07, 6.45) is 3.74. The summed E-state index contributed by atoms with van der Waals surface area (Å²) in [4.78, 5) is 11.5. The highest BCUT2D eigenvalue weighted by atomic mass is 19.2. The second-order valence-electron chi connectivity index (χ2n) is 9.44. The van der Waals surface area contributed by atoms with Gasteiger partial charge in [0.1, 0.15) is 24.0 Å². The summed E-state index contributed by atoms with van der Waals surface area (Å²) >= 11 is 0. The molecule has 1 aromatic heterocycles. The quantitative estimate of drug-likeness (QED) is 0.498. The average Bonchev–Trinajstić information content (AvgIpc) is 3.32. The van der Waals surface area contributed by atoms with E-state index in [1.807, 2.05) is 42.8 Å². The number of amidine groups is 1. The Morgan fingerprint density at radius 3 is 2.58 bits per heavy atom. The van der Waals surface area contributed by atoms with Gasteiger partial charge in [-0.15, -0.1) is 0 Å². The van der Waals surface area contributed by atoms with Crippen LogP contribution in [0.25, 0.3) is 11.8 Å². The van der Waals surface area contributed by atoms with Crippen molar-refractivity contribution >= 4 is 11.9 Å². The largest absolute Gasteiger partial charge is 0.495 e. The number of fused-ring (bicyclic) bond motifs is 1. The number of aryl methyl sites for hydroxylation is 1. The Labute approximate surface area is 217 Å². The van der Waals surface area contributed by atoms with Crippen molar-refractivity contribution < 1.29 is 32.6 Å². The van der Waals surface area contributed by atoms with Crippen molar-refractivity contribution in [3.05, 3.63) is 82.9 Å². The number of methoxy groups -OCH3 is 1. The molecule has 0 bridgehead atoms. The Morgan fingerprint density at radius 1 is 1.21 bits per heavy atom. The first-order valence-corrected chi connectivity index (χ1v) is 12.0. The number of imidazole rings is 1. The first-order valence-electron chi connectivity index (χ1n) is 12.0. The highest BCUT2D eigenvalue weighted by Crippen LogP contribution is 2.41. The lowest BCUT2D eigenvalue weighted by atomic mass is 9.82. The van der Waals surface area contributed by atoms with E-state index in [9.17, 15) is 18.3 Å². The van der Waals surface area contributed by atoms with Gasteiger partial charge in [-0.1, -0.05) is 11.2 Å².